The van der Waals surface area contributed by atoms with Gasteiger partial charge in [0.25, 0.3) is 0 Å². The summed E-state index contributed by atoms with van der Waals surface area (Å²) >= 11 is 6.07. The van der Waals surface area contributed by atoms with Crippen LogP contribution in [0.3, 0.4) is 0 Å². The van der Waals surface area contributed by atoms with E-state index in [1.54, 1.807) is 0 Å². The molecule has 6 nitrogen and oxygen atoms in total. The molecule has 1 fully saturated rings. The highest BCUT2D eigenvalue weighted by molar-refractivity contribution is 6.30. The van der Waals surface area contributed by atoms with Crippen LogP contribution in [0, 0.1) is 13.8 Å². The van der Waals surface area contributed by atoms with Gasteiger partial charge in [-0.05, 0) is 56.0 Å². The average Bonchev–Trinajstić information content (AvgIpc) is 3.09. The molecule has 0 saturated carbocycles. The standard InChI is InChI=1S/C27H32ClN5O/c1-4-22-8-5-6-9-25(22)31-27(34)33-15-7-14-32(16-17-33)26-24(19(2)29-20(3)30-26)18-21-10-12-23(28)13-11-21/h5-6,8-13H,4,7,14-18H2,1-3H3,(H,31,34). The van der Waals surface area contributed by atoms with Gasteiger partial charge >= 0.3 is 6.03 Å². The van der Waals surface area contributed by atoms with Gasteiger partial charge < -0.3 is 15.1 Å². The summed E-state index contributed by atoms with van der Waals surface area (Å²) in [6, 6.07) is 15.9. The molecular weight excluding hydrogens is 446 g/mol. The normalized spacial score (nSPS) is 14.1. The first-order valence-corrected chi connectivity index (χ1v) is 12.3. The molecule has 2 aromatic carbocycles. The quantitative estimate of drug-likeness (QED) is 0.516. The highest BCUT2D eigenvalue weighted by Crippen LogP contribution is 2.26. The van der Waals surface area contributed by atoms with E-state index in [0.29, 0.717) is 13.1 Å². The van der Waals surface area contributed by atoms with E-state index < -0.39 is 0 Å². The molecule has 1 aliphatic heterocycles. The van der Waals surface area contributed by atoms with Crippen molar-refractivity contribution in [3.63, 3.8) is 0 Å². The summed E-state index contributed by atoms with van der Waals surface area (Å²) < 4.78 is 0. The Bertz CT molecular complexity index is 1150. The Morgan fingerprint density at radius 1 is 1.00 bits per heavy atom. The van der Waals surface area contributed by atoms with E-state index in [4.69, 9.17) is 16.6 Å². The van der Waals surface area contributed by atoms with Gasteiger partial charge in [0.05, 0.1) is 0 Å². The Labute approximate surface area is 207 Å². The van der Waals surface area contributed by atoms with Crippen LogP contribution in [0.25, 0.3) is 0 Å². The van der Waals surface area contributed by atoms with Crippen molar-refractivity contribution in [2.24, 2.45) is 0 Å². The molecule has 1 saturated heterocycles. The molecule has 4 rings (SSSR count). The monoisotopic (exact) mass is 477 g/mol. The second-order valence-corrected chi connectivity index (χ2v) is 9.17. The van der Waals surface area contributed by atoms with Crippen molar-refractivity contribution in [2.45, 2.75) is 40.0 Å². The van der Waals surface area contributed by atoms with Crippen LogP contribution < -0.4 is 10.2 Å². The molecular formula is C27H32ClN5O. The van der Waals surface area contributed by atoms with Gasteiger partial charge in [-0.1, -0.05) is 48.9 Å². The number of hydrogen-bond donors (Lipinski definition) is 1. The number of nitrogens with zero attached hydrogens (tertiary/aromatic N) is 4. The number of anilines is 2. The van der Waals surface area contributed by atoms with E-state index in [2.05, 4.69) is 28.2 Å². The Morgan fingerprint density at radius 3 is 2.53 bits per heavy atom. The van der Waals surface area contributed by atoms with Crippen molar-refractivity contribution in [2.75, 3.05) is 36.4 Å². The fourth-order valence-electron chi connectivity index (χ4n) is 4.47. The molecule has 0 atom stereocenters. The van der Waals surface area contributed by atoms with Gasteiger partial charge in [0.1, 0.15) is 11.6 Å². The Hall–Kier alpha value is -3.12. The third-order valence-corrected chi connectivity index (χ3v) is 6.57. The van der Waals surface area contributed by atoms with Crippen LogP contribution in [0.4, 0.5) is 16.3 Å². The zero-order valence-corrected chi connectivity index (χ0v) is 20.9. The lowest BCUT2D eigenvalue weighted by atomic mass is 10.0. The number of amides is 2. The molecule has 1 N–H and O–H groups in total. The molecule has 7 heteroatoms. The molecule has 0 unspecified atom stereocenters. The Kier molecular flexibility index (Phi) is 7.68. The number of carbonyl (C=O) groups is 1. The zero-order valence-electron chi connectivity index (χ0n) is 20.1. The Balaban J connectivity index is 1.50. The molecule has 1 aliphatic rings. The molecule has 178 valence electrons. The summed E-state index contributed by atoms with van der Waals surface area (Å²) in [5, 5.41) is 3.84. The number of aryl methyl sites for hydroxylation is 3. The Morgan fingerprint density at radius 2 is 1.76 bits per heavy atom. The van der Waals surface area contributed by atoms with Crippen LogP contribution in [0.15, 0.2) is 48.5 Å². The minimum Gasteiger partial charge on any atom is -0.354 e. The maximum atomic E-state index is 13.0. The summed E-state index contributed by atoms with van der Waals surface area (Å²) in [6.45, 7) is 9.01. The fraction of sp³-hybridized carbons (Fsp3) is 0.370. The number of hydrogen-bond acceptors (Lipinski definition) is 4. The van der Waals surface area contributed by atoms with E-state index in [-0.39, 0.29) is 6.03 Å². The highest BCUT2D eigenvalue weighted by Gasteiger charge is 2.23. The third-order valence-electron chi connectivity index (χ3n) is 6.32. The molecule has 1 aromatic heterocycles. The molecule has 0 spiro atoms. The van der Waals surface area contributed by atoms with Crippen molar-refractivity contribution in [3.8, 4) is 0 Å². The summed E-state index contributed by atoms with van der Waals surface area (Å²) in [5.41, 5.74) is 5.33. The van der Waals surface area contributed by atoms with Gasteiger partial charge in [0.2, 0.25) is 0 Å². The van der Waals surface area contributed by atoms with E-state index in [0.717, 1.165) is 71.5 Å². The largest absolute Gasteiger partial charge is 0.354 e. The lowest BCUT2D eigenvalue weighted by molar-refractivity contribution is 0.215. The number of urea groups is 1. The first-order valence-electron chi connectivity index (χ1n) is 11.9. The van der Waals surface area contributed by atoms with Crippen LogP contribution in [0.1, 0.15) is 41.6 Å². The van der Waals surface area contributed by atoms with Gasteiger partial charge in [0.15, 0.2) is 0 Å². The molecule has 0 radical (unpaired) electrons. The average molecular weight is 478 g/mol. The highest BCUT2D eigenvalue weighted by atomic mass is 35.5. The minimum absolute atomic E-state index is 0.0424. The van der Waals surface area contributed by atoms with Crippen molar-refractivity contribution >= 4 is 29.1 Å². The number of aromatic nitrogens is 2. The predicted molar refractivity (Wildman–Crippen MR) is 139 cm³/mol. The van der Waals surface area contributed by atoms with Crippen LogP contribution in [0.5, 0.6) is 0 Å². The molecule has 0 aliphatic carbocycles. The molecule has 2 amide bonds. The SMILES string of the molecule is CCc1ccccc1NC(=O)N1CCCN(c2nc(C)nc(C)c2Cc2ccc(Cl)cc2)CC1. The van der Waals surface area contributed by atoms with E-state index >= 15 is 0 Å². The van der Waals surface area contributed by atoms with E-state index in [1.807, 2.05) is 61.2 Å². The summed E-state index contributed by atoms with van der Waals surface area (Å²) in [5.74, 6) is 1.74. The predicted octanol–water partition coefficient (Wildman–Crippen LogP) is 5.64. The number of para-hydroxylation sites is 1. The molecule has 3 aromatic rings. The summed E-state index contributed by atoms with van der Waals surface area (Å²) in [4.78, 5) is 26.7. The van der Waals surface area contributed by atoms with Crippen LogP contribution in [0.2, 0.25) is 5.02 Å². The lowest BCUT2D eigenvalue weighted by Crippen LogP contribution is -2.38. The number of rotatable bonds is 5. The third kappa shape index (κ3) is 5.68. The maximum Gasteiger partial charge on any atom is 0.321 e. The first-order chi connectivity index (χ1) is 16.4. The van der Waals surface area contributed by atoms with E-state index in [9.17, 15) is 4.79 Å². The van der Waals surface area contributed by atoms with Gasteiger partial charge in [-0.2, -0.15) is 0 Å². The molecule has 34 heavy (non-hydrogen) atoms. The van der Waals surface area contributed by atoms with Crippen LogP contribution in [-0.2, 0) is 12.8 Å². The van der Waals surface area contributed by atoms with Gasteiger partial charge in [-0.3, -0.25) is 0 Å². The smallest absolute Gasteiger partial charge is 0.321 e. The van der Waals surface area contributed by atoms with Crippen LogP contribution >= 0.6 is 11.6 Å². The number of nitrogens with one attached hydrogen (secondary N) is 1. The summed E-state index contributed by atoms with van der Waals surface area (Å²) in [7, 11) is 0. The van der Waals surface area contributed by atoms with Crippen molar-refractivity contribution in [3.05, 3.63) is 81.8 Å². The molecule has 2 heterocycles. The minimum atomic E-state index is -0.0424. The van der Waals surface area contributed by atoms with Crippen molar-refractivity contribution in [1.29, 1.82) is 0 Å². The number of carbonyl (C=O) groups excluding carboxylic acids is 1. The van der Waals surface area contributed by atoms with Crippen LogP contribution in [-0.4, -0.2) is 47.1 Å². The first kappa shape index (κ1) is 24.0. The van der Waals surface area contributed by atoms with Crippen molar-refractivity contribution in [1.82, 2.24) is 14.9 Å². The zero-order chi connectivity index (χ0) is 24.1. The second-order valence-electron chi connectivity index (χ2n) is 8.73. The maximum absolute atomic E-state index is 13.0. The van der Waals surface area contributed by atoms with Gasteiger partial charge in [-0.25, -0.2) is 14.8 Å². The summed E-state index contributed by atoms with van der Waals surface area (Å²) in [6.07, 6.45) is 2.51. The second kappa shape index (κ2) is 10.9. The number of benzene rings is 2. The van der Waals surface area contributed by atoms with E-state index in [1.165, 1.54) is 5.56 Å². The van der Waals surface area contributed by atoms with Gasteiger partial charge in [-0.15, -0.1) is 0 Å². The molecule has 0 bridgehead atoms. The number of halogens is 1. The van der Waals surface area contributed by atoms with Gasteiger partial charge in [0, 0.05) is 54.6 Å². The van der Waals surface area contributed by atoms with Crippen molar-refractivity contribution < 1.29 is 4.79 Å². The fourth-order valence-corrected chi connectivity index (χ4v) is 4.60. The lowest BCUT2D eigenvalue weighted by Gasteiger charge is -2.26. The topological polar surface area (TPSA) is 61.4 Å².